The van der Waals surface area contributed by atoms with Crippen LogP contribution in [-0.4, -0.2) is 62.0 Å². The van der Waals surface area contributed by atoms with Crippen LogP contribution < -0.4 is 11.1 Å². The van der Waals surface area contributed by atoms with E-state index in [0.29, 0.717) is 19.0 Å². The predicted octanol–water partition coefficient (Wildman–Crippen LogP) is 0.439. The molecule has 1 saturated heterocycles. The van der Waals surface area contributed by atoms with E-state index >= 15 is 0 Å². The monoisotopic (exact) mass is 290 g/mol. The molecule has 1 aliphatic rings. The summed E-state index contributed by atoms with van der Waals surface area (Å²) in [5.74, 6) is 0.0213. The van der Waals surface area contributed by atoms with Crippen LogP contribution in [-0.2, 0) is 4.79 Å². The molecule has 2 unspecified atom stereocenters. The summed E-state index contributed by atoms with van der Waals surface area (Å²) in [5, 5.41) is 3.02. The smallest absolute Gasteiger partial charge is 0.221 e. The number of rotatable bonds is 5. The molecule has 1 heterocycles. The molecule has 116 valence electrons. The molecule has 0 aromatic heterocycles. The van der Waals surface area contributed by atoms with Crippen molar-refractivity contribution in [2.75, 3.05) is 40.3 Å². The molecule has 1 fully saturated rings. The van der Waals surface area contributed by atoms with Gasteiger partial charge in [0.05, 0.1) is 0 Å². The average molecular weight is 290 g/mol. The molecular weight excluding hydrogens is 264 g/mol. The van der Waals surface area contributed by atoms with Gasteiger partial charge in [-0.3, -0.25) is 9.69 Å². The van der Waals surface area contributed by atoms with Gasteiger partial charge >= 0.3 is 0 Å². The van der Waals surface area contributed by atoms with Crippen LogP contribution in [0.1, 0.15) is 18.0 Å². The normalized spacial score (nSPS) is 22.0. The third-order valence-electron chi connectivity index (χ3n) is 4.15. The Hall–Kier alpha value is -1.43. The number of nitrogens with zero attached hydrogens (tertiary/aromatic N) is 2. The van der Waals surface area contributed by atoms with Gasteiger partial charge in [-0.25, -0.2) is 0 Å². The van der Waals surface area contributed by atoms with Crippen LogP contribution in [0.15, 0.2) is 30.3 Å². The molecule has 2 rings (SSSR count). The first-order valence-corrected chi connectivity index (χ1v) is 7.52. The van der Waals surface area contributed by atoms with Crippen LogP contribution in [0.2, 0.25) is 0 Å². The number of carbonyl (C=O) groups excluding carboxylic acids is 1. The van der Waals surface area contributed by atoms with E-state index in [0.717, 1.165) is 25.2 Å². The van der Waals surface area contributed by atoms with Gasteiger partial charge in [-0.1, -0.05) is 30.3 Å². The molecule has 0 radical (unpaired) electrons. The molecule has 1 aromatic rings. The van der Waals surface area contributed by atoms with Gasteiger partial charge in [0.2, 0.25) is 5.91 Å². The predicted molar refractivity (Wildman–Crippen MR) is 84.9 cm³/mol. The maximum Gasteiger partial charge on any atom is 0.221 e. The second-order valence-electron chi connectivity index (χ2n) is 5.92. The van der Waals surface area contributed by atoms with Crippen molar-refractivity contribution in [2.45, 2.75) is 18.5 Å². The number of nitrogens with one attached hydrogen (secondary N) is 1. The summed E-state index contributed by atoms with van der Waals surface area (Å²) in [6.45, 7) is 3.79. The quantitative estimate of drug-likeness (QED) is 0.826. The van der Waals surface area contributed by atoms with E-state index in [1.807, 2.05) is 30.3 Å². The summed E-state index contributed by atoms with van der Waals surface area (Å²) >= 11 is 0. The Kier molecular flexibility index (Phi) is 5.73. The first kappa shape index (κ1) is 15.9. The van der Waals surface area contributed by atoms with E-state index in [2.05, 4.69) is 29.2 Å². The largest absolute Gasteiger partial charge is 0.354 e. The number of carbonyl (C=O) groups is 1. The first-order chi connectivity index (χ1) is 10.1. The minimum Gasteiger partial charge on any atom is -0.354 e. The van der Waals surface area contributed by atoms with Crippen molar-refractivity contribution in [3.63, 3.8) is 0 Å². The van der Waals surface area contributed by atoms with Crippen LogP contribution in [0, 0.1) is 0 Å². The van der Waals surface area contributed by atoms with Gasteiger partial charge in [-0.05, 0) is 19.7 Å². The lowest BCUT2D eigenvalue weighted by atomic mass is 10.0. The first-order valence-electron chi connectivity index (χ1n) is 7.52. The summed E-state index contributed by atoms with van der Waals surface area (Å²) in [6, 6.07) is 9.90. The fourth-order valence-corrected chi connectivity index (χ4v) is 2.64. The van der Waals surface area contributed by atoms with Crippen molar-refractivity contribution in [3.8, 4) is 0 Å². The van der Waals surface area contributed by atoms with Crippen molar-refractivity contribution in [2.24, 2.45) is 5.73 Å². The number of nitrogens with two attached hydrogens (primary N) is 1. The molecule has 21 heavy (non-hydrogen) atoms. The highest BCUT2D eigenvalue weighted by Gasteiger charge is 2.22. The highest BCUT2D eigenvalue weighted by Crippen LogP contribution is 2.13. The molecule has 0 spiro atoms. The number of likely N-dealkylation sites (N-methyl/N-ethyl adjacent to an activating group) is 2. The van der Waals surface area contributed by atoms with Crippen molar-refractivity contribution < 1.29 is 4.79 Å². The number of benzene rings is 1. The minimum atomic E-state index is -0.238. The van der Waals surface area contributed by atoms with Gasteiger partial charge in [-0.2, -0.15) is 0 Å². The Morgan fingerprint density at radius 1 is 1.33 bits per heavy atom. The molecule has 1 aromatic carbocycles. The zero-order valence-corrected chi connectivity index (χ0v) is 13.0. The van der Waals surface area contributed by atoms with E-state index in [-0.39, 0.29) is 11.9 Å². The number of hydrogen-bond acceptors (Lipinski definition) is 4. The second-order valence-corrected chi connectivity index (χ2v) is 5.92. The van der Waals surface area contributed by atoms with E-state index in [9.17, 15) is 4.79 Å². The van der Waals surface area contributed by atoms with Crippen LogP contribution in [0.4, 0.5) is 0 Å². The van der Waals surface area contributed by atoms with Gasteiger partial charge in [-0.15, -0.1) is 0 Å². The van der Waals surface area contributed by atoms with E-state index in [1.165, 1.54) is 0 Å². The maximum atomic E-state index is 12.0. The van der Waals surface area contributed by atoms with Crippen molar-refractivity contribution in [1.82, 2.24) is 15.1 Å². The molecule has 0 saturated carbocycles. The molecular formula is C16H26N4O. The summed E-state index contributed by atoms with van der Waals surface area (Å²) in [7, 11) is 4.23. The summed E-state index contributed by atoms with van der Waals surface area (Å²) < 4.78 is 0. The van der Waals surface area contributed by atoms with Gasteiger partial charge in [0.1, 0.15) is 0 Å². The molecule has 3 N–H and O–H groups in total. The van der Waals surface area contributed by atoms with Crippen molar-refractivity contribution in [1.29, 1.82) is 0 Å². The highest BCUT2D eigenvalue weighted by atomic mass is 16.1. The Labute approximate surface area is 127 Å². The van der Waals surface area contributed by atoms with E-state index < -0.39 is 0 Å². The third-order valence-corrected chi connectivity index (χ3v) is 4.15. The molecule has 0 aliphatic carbocycles. The zero-order chi connectivity index (χ0) is 15.2. The molecule has 1 amide bonds. The summed E-state index contributed by atoms with van der Waals surface area (Å²) in [4.78, 5) is 16.6. The van der Waals surface area contributed by atoms with Gasteiger partial charge in [0.25, 0.3) is 0 Å². The second kappa shape index (κ2) is 7.54. The van der Waals surface area contributed by atoms with Crippen LogP contribution >= 0.6 is 0 Å². The Bertz CT molecular complexity index is 451. The topological polar surface area (TPSA) is 61.6 Å². The SMILES string of the molecule is CN1CCN(C)C(CNC(=O)CC(N)c2ccccc2)C1. The molecule has 5 nitrogen and oxygen atoms in total. The standard InChI is InChI=1S/C16H26N4O/c1-19-8-9-20(2)14(12-19)11-18-16(21)10-15(17)13-6-4-3-5-7-13/h3-7,14-15H,8-12,17H2,1-2H3,(H,18,21). The van der Waals surface area contributed by atoms with Gasteiger partial charge in [0, 0.05) is 44.7 Å². The van der Waals surface area contributed by atoms with Gasteiger partial charge in [0.15, 0.2) is 0 Å². The Morgan fingerprint density at radius 2 is 2.05 bits per heavy atom. The van der Waals surface area contributed by atoms with Crippen molar-refractivity contribution >= 4 is 5.91 Å². The van der Waals surface area contributed by atoms with Crippen molar-refractivity contribution in [3.05, 3.63) is 35.9 Å². The number of hydrogen-bond donors (Lipinski definition) is 2. The van der Waals surface area contributed by atoms with Crippen LogP contribution in [0.3, 0.4) is 0 Å². The van der Waals surface area contributed by atoms with Gasteiger partial charge < -0.3 is 16.0 Å². The third kappa shape index (κ3) is 4.81. The highest BCUT2D eigenvalue weighted by molar-refractivity contribution is 5.76. The molecule has 5 heteroatoms. The lowest BCUT2D eigenvalue weighted by Crippen LogP contribution is -2.54. The minimum absolute atomic E-state index is 0.0213. The Morgan fingerprint density at radius 3 is 2.76 bits per heavy atom. The summed E-state index contributed by atoms with van der Waals surface area (Å²) in [6.07, 6.45) is 0.330. The average Bonchev–Trinajstić information content (AvgIpc) is 2.49. The Balaban J connectivity index is 1.77. The fraction of sp³-hybridized carbons (Fsp3) is 0.562. The lowest BCUT2D eigenvalue weighted by Gasteiger charge is -2.37. The van der Waals surface area contributed by atoms with E-state index in [1.54, 1.807) is 0 Å². The molecule has 1 aliphatic heterocycles. The lowest BCUT2D eigenvalue weighted by molar-refractivity contribution is -0.121. The molecule has 0 bridgehead atoms. The van der Waals surface area contributed by atoms with Crippen LogP contribution in [0.5, 0.6) is 0 Å². The zero-order valence-electron chi connectivity index (χ0n) is 13.0. The summed E-state index contributed by atoms with van der Waals surface area (Å²) in [5.41, 5.74) is 7.08. The maximum absolute atomic E-state index is 12.0. The van der Waals surface area contributed by atoms with Crippen LogP contribution in [0.25, 0.3) is 0 Å². The number of amides is 1. The van der Waals surface area contributed by atoms with E-state index in [4.69, 9.17) is 5.73 Å². The fourth-order valence-electron chi connectivity index (χ4n) is 2.64. The molecule has 2 atom stereocenters. The number of piperazine rings is 1.